The van der Waals surface area contributed by atoms with Crippen LogP contribution < -0.4 is 5.56 Å². The van der Waals surface area contributed by atoms with E-state index in [1.807, 2.05) is 23.5 Å². The van der Waals surface area contributed by atoms with Gasteiger partial charge < -0.3 is 0 Å². The van der Waals surface area contributed by atoms with Gasteiger partial charge in [-0.25, -0.2) is 0 Å². The van der Waals surface area contributed by atoms with E-state index in [1.165, 1.54) is 55.6 Å². The van der Waals surface area contributed by atoms with Crippen molar-refractivity contribution in [2.24, 2.45) is 0 Å². The number of aromatic nitrogens is 1. The van der Waals surface area contributed by atoms with Crippen molar-refractivity contribution in [3.8, 4) is 44.5 Å². The summed E-state index contributed by atoms with van der Waals surface area (Å²) in [6.07, 6.45) is 3.96. The summed E-state index contributed by atoms with van der Waals surface area (Å²) >= 11 is 0. The summed E-state index contributed by atoms with van der Waals surface area (Å²) in [7, 11) is 0. The molecule has 0 bridgehead atoms. The fourth-order valence-electron chi connectivity index (χ4n) is 9.69. The van der Waals surface area contributed by atoms with Gasteiger partial charge >= 0.3 is 0 Å². The summed E-state index contributed by atoms with van der Waals surface area (Å²) in [6.45, 7) is 4.09. The summed E-state index contributed by atoms with van der Waals surface area (Å²) in [4.78, 5) is 14.7. The predicted octanol–water partition coefficient (Wildman–Crippen LogP) is 12.1. The first-order chi connectivity index (χ1) is 25.6. The highest BCUT2D eigenvalue weighted by molar-refractivity contribution is 6.18. The van der Waals surface area contributed by atoms with Crippen LogP contribution >= 0.6 is 0 Å². The van der Waals surface area contributed by atoms with Crippen LogP contribution in [0.2, 0.25) is 0 Å². The molecule has 2 heteroatoms. The van der Waals surface area contributed by atoms with Crippen molar-refractivity contribution in [1.29, 1.82) is 0 Å². The highest BCUT2D eigenvalue weighted by atomic mass is 16.1. The normalized spacial score (nSPS) is 13.7. The lowest BCUT2D eigenvalue weighted by Crippen LogP contribution is -2.26. The second kappa shape index (κ2) is 10.5. The SMILES string of the molecule is C/C=C\c1c(C)c2cc(-c3cccc(-c4ccccc4)c3)cc3c4cc5c(cc4n(c1=O)c23)C1(c2ccccc2-c2ccccc21)c1ccccc1-5. The van der Waals surface area contributed by atoms with Gasteiger partial charge in [0.15, 0.2) is 0 Å². The maximum Gasteiger partial charge on any atom is 0.263 e. The van der Waals surface area contributed by atoms with Crippen molar-refractivity contribution in [2.75, 3.05) is 0 Å². The van der Waals surface area contributed by atoms with E-state index in [-0.39, 0.29) is 5.56 Å². The van der Waals surface area contributed by atoms with Gasteiger partial charge in [-0.2, -0.15) is 0 Å². The second-order valence-electron chi connectivity index (χ2n) is 14.3. The molecule has 244 valence electrons. The Labute approximate surface area is 301 Å². The Kier molecular flexibility index (Phi) is 5.91. The smallest absolute Gasteiger partial charge is 0.263 e. The minimum atomic E-state index is -0.481. The van der Waals surface area contributed by atoms with Crippen molar-refractivity contribution >= 4 is 33.3 Å². The summed E-state index contributed by atoms with van der Waals surface area (Å²) < 4.78 is 2.01. The summed E-state index contributed by atoms with van der Waals surface area (Å²) in [5, 5.41) is 3.31. The minimum Gasteiger partial charge on any atom is -0.275 e. The molecule has 2 aliphatic rings. The Morgan fingerprint density at radius 3 is 1.71 bits per heavy atom. The fourth-order valence-corrected chi connectivity index (χ4v) is 9.69. The molecular formula is C50H33NO. The number of pyridine rings is 1. The number of fused-ring (bicyclic) bond motifs is 13. The number of rotatable bonds is 3. The molecule has 1 spiro atoms. The third-order valence-electron chi connectivity index (χ3n) is 11.9. The van der Waals surface area contributed by atoms with Gasteiger partial charge in [-0.1, -0.05) is 133 Å². The van der Waals surface area contributed by atoms with Crippen LogP contribution in [0.25, 0.3) is 77.8 Å². The lowest BCUT2D eigenvalue weighted by molar-refractivity contribution is 0.794. The van der Waals surface area contributed by atoms with Gasteiger partial charge in [0.25, 0.3) is 5.56 Å². The molecule has 2 aliphatic carbocycles. The van der Waals surface area contributed by atoms with Gasteiger partial charge in [-0.05, 0) is 117 Å². The van der Waals surface area contributed by atoms with E-state index in [2.05, 4.69) is 159 Å². The van der Waals surface area contributed by atoms with E-state index in [0.29, 0.717) is 0 Å². The maximum atomic E-state index is 14.7. The number of hydrogen-bond acceptors (Lipinski definition) is 1. The number of nitrogens with zero attached hydrogens (tertiary/aromatic N) is 1. The van der Waals surface area contributed by atoms with Crippen LogP contribution in [0.1, 0.15) is 40.3 Å². The fraction of sp³-hybridized carbons (Fsp3) is 0.0600. The number of aryl methyl sites for hydroxylation is 1. The standard InChI is InChI=1S/C50H33NO/c1-3-14-35-30(2)39-26-34(33-18-13-17-32(25-33)31-15-5-4-6-16-31)27-42-41-28-40-38-21-9-12-24-45(38)50(46(40)29-47(41)51(48(39)42)49(35)52)43-22-10-7-19-36(43)37-20-8-11-23-44(37)50/h3-29H,1-2H3/b14-3-. The predicted molar refractivity (Wildman–Crippen MR) is 216 cm³/mol. The molecular weight excluding hydrogens is 631 g/mol. The maximum absolute atomic E-state index is 14.7. The largest absolute Gasteiger partial charge is 0.275 e. The van der Waals surface area contributed by atoms with Crippen molar-refractivity contribution in [3.05, 3.63) is 201 Å². The van der Waals surface area contributed by atoms with Gasteiger partial charge in [0.1, 0.15) is 0 Å². The van der Waals surface area contributed by atoms with Crippen LogP contribution in [0.3, 0.4) is 0 Å². The van der Waals surface area contributed by atoms with Crippen molar-refractivity contribution in [3.63, 3.8) is 0 Å². The van der Waals surface area contributed by atoms with Crippen LogP contribution in [-0.4, -0.2) is 4.40 Å². The Morgan fingerprint density at radius 2 is 1.06 bits per heavy atom. The molecule has 0 fully saturated rings. The molecule has 0 atom stereocenters. The molecule has 7 aromatic carbocycles. The molecule has 11 rings (SSSR count). The van der Waals surface area contributed by atoms with Crippen molar-refractivity contribution in [1.82, 2.24) is 4.40 Å². The molecule has 0 aliphatic heterocycles. The molecule has 0 saturated heterocycles. The zero-order valence-electron chi connectivity index (χ0n) is 28.9. The Hall–Kier alpha value is -6.51. The first kappa shape index (κ1) is 29.2. The number of allylic oxidation sites excluding steroid dienone is 1. The first-order valence-electron chi connectivity index (χ1n) is 18.1. The van der Waals surface area contributed by atoms with Gasteiger partial charge in [0.05, 0.1) is 16.4 Å². The van der Waals surface area contributed by atoms with Crippen molar-refractivity contribution < 1.29 is 0 Å². The molecule has 0 unspecified atom stereocenters. The van der Waals surface area contributed by atoms with Gasteiger partial charge in [-0.15, -0.1) is 0 Å². The molecule has 2 aromatic heterocycles. The van der Waals surface area contributed by atoms with E-state index < -0.39 is 5.41 Å². The second-order valence-corrected chi connectivity index (χ2v) is 14.3. The third-order valence-corrected chi connectivity index (χ3v) is 11.9. The van der Waals surface area contributed by atoms with Crippen LogP contribution in [0, 0.1) is 6.92 Å². The minimum absolute atomic E-state index is 0.0265. The lowest BCUT2D eigenvalue weighted by Gasteiger charge is -2.30. The molecule has 2 heterocycles. The lowest BCUT2D eigenvalue weighted by atomic mass is 9.70. The van der Waals surface area contributed by atoms with Crippen LogP contribution in [-0.2, 0) is 5.41 Å². The molecule has 0 saturated carbocycles. The average molecular weight is 664 g/mol. The quantitative estimate of drug-likeness (QED) is 0.184. The van der Waals surface area contributed by atoms with E-state index in [1.54, 1.807) is 0 Å². The van der Waals surface area contributed by atoms with E-state index in [9.17, 15) is 4.79 Å². The highest BCUT2D eigenvalue weighted by Gasteiger charge is 2.51. The number of hydrogen-bond donors (Lipinski definition) is 0. The van der Waals surface area contributed by atoms with E-state index in [4.69, 9.17) is 0 Å². The first-order valence-corrected chi connectivity index (χ1v) is 18.1. The molecule has 2 nitrogen and oxygen atoms in total. The Morgan fingerprint density at radius 1 is 0.500 bits per heavy atom. The molecule has 0 radical (unpaired) electrons. The van der Waals surface area contributed by atoms with E-state index >= 15 is 0 Å². The summed E-state index contributed by atoms with van der Waals surface area (Å²) in [5.41, 5.74) is 18.1. The molecule has 0 amide bonds. The Balaban J connectivity index is 1.28. The third kappa shape index (κ3) is 3.61. The van der Waals surface area contributed by atoms with Gasteiger partial charge in [0, 0.05) is 21.7 Å². The molecule has 52 heavy (non-hydrogen) atoms. The van der Waals surface area contributed by atoms with Crippen LogP contribution in [0.15, 0.2) is 163 Å². The molecule has 0 N–H and O–H groups in total. The Bertz CT molecular complexity index is 3010. The van der Waals surface area contributed by atoms with Crippen LogP contribution in [0.4, 0.5) is 0 Å². The van der Waals surface area contributed by atoms with Crippen molar-refractivity contribution in [2.45, 2.75) is 19.3 Å². The monoisotopic (exact) mass is 663 g/mol. The average Bonchev–Trinajstić information content (AvgIpc) is 3.80. The topological polar surface area (TPSA) is 21.5 Å². The highest BCUT2D eigenvalue weighted by Crippen LogP contribution is 2.63. The zero-order valence-corrected chi connectivity index (χ0v) is 28.9. The van der Waals surface area contributed by atoms with E-state index in [0.717, 1.165) is 49.4 Å². The van der Waals surface area contributed by atoms with Gasteiger partial charge in [-0.3, -0.25) is 9.20 Å². The summed E-state index contributed by atoms with van der Waals surface area (Å²) in [6, 6.07) is 55.4. The number of benzene rings is 7. The summed E-state index contributed by atoms with van der Waals surface area (Å²) in [5.74, 6) is 0. The zero-order chi connectivity index (χ0) is 34.7. The molecule has 9 aromatic rings. The van der Waals surface area contributed by atoms with Gasteiger partial charge in [0.2, 0.25) is 0 Å². The van der Waals surface area contributed by atoms with Crippen LogP contribution in [0.5, 0.6) is 0 Å².